The summed E-state index contributed by atoms with van der Waals surface area (Å²) in [5, 5.41) is 13.2. The molecule has 1 saturated heterocycles. The zero-order chi connectivity index (χ0) is 21.6. The van der Waals surface area contributed by atoms with E-state index < -0.39 is 22.6 Å². The Bertz CT molecular complexity index is 742. The van der Waals surface area contributed by atoms with Crippen LogP contribution in [0.1, 0.15) is 25.8 Å². The number of nitrogens with one attached hydrogen (secondary N) is 1. The number of ether oxygens (including phenoxy) is 2. The van der Waals surface area contributed by atoms with Crippen molar-refractivity contribution in [3.05, 3.63) is 39.9 Å². The molecule has 0 saturated carbocycles. The van der Waals surface area contributed by atoms with E-state index in [0.717, 1.165) is 0 Å². The number of urea groups is 1. The first-order valence-electron chi connectivity index (χ1n) is 9.09. The van der Waals surface area contributed by atoms with Gasteiger partial charge in [-0.3, -0.25) is 10.1 Å². The number of non-ortho nitro benzene ring substituents is 1. The largest absolute Gasteiger partial charge is 0.445 e. The molecule has 1 heterocycles. The van der Waals surface area contributed by atoms with Crippen LogP contribution in [0.2, 0.25) is 0 Å². The number of nitro benzene ring substituents is 1. The Hall–Kier alpha value is -2.53. The molecule has 2 atom stereocenters. The quantitative estimate of drug-likeness (QED) is 0.331. The predicted octanol–water partition coefficient (Wildman–Crippen LogP) is 2.07. The number of thiol groups is 1. The number of nitrogens with zero attached hydrogens (tertiary/aromatic N) is 2. The zero-order valence-corrected chi connectivity index (χ0v) is 17.3. The van der Waals surface area contributed by atoms with Crippen molar-refractivity contribution in [3.63, 3.8) is 0 Å². The van der Waals surface area contributed by atoms with Gasteiger partial charge >= 0.3 is 12.1 Å². The normalized spacial score (nSPS) is 19.1. The fourth-order valence-corrected chi connectivity index (χ4v) is 3.31. The highest BCUT2D eigenvalue weighted by Gasteiger charge is 2.36. The van der Waals surface area contributed by atoms with Crippen LogP contribution in [0.25, 0.3) is 0 Å². The summed E-state index contributed by atoms with van der Waals surface area (Å²) >= 11 is 4.47. The number of nitrogens with two attached hydrogens (primary N) is 1. The Labute approximate surface area is 174 Å². The monoisotopic (exact) mass is 426 g/mol. The minimum Gasteiger partial charge on any atom is -0.445 e. The Morgan fingerprint density at radius 2 is 2.03 bits per heavy atom. The van der Waals surface area contributed by atoms with Gasteiger partial charge in [-0.25, -0.2) is 9.59 Å². The summed E-state index contributed by atoms with van der Waals surface area (Å²) in [4.78, 5) is 35.2. The van der Waals surface area contributed by atoms with Gasteiger partial charge in [0.05, 0.1) is 23.2 Å². The summed E-state index contributed by atoms with van der Waals surface area (Å²) in [6, 6.07) is 4.98. The molecule has 3 amide bonds. The number of primary amides is 1. The van der Waals surface area contributed by atoms with Crippen molar-refractivity contribution in [2.24, 2.45) is 5.73 Å². The van der Waals surface area contributed by atoms with Crippen molar-refractivity contribution in [1.82, 2.24) is 10.2 Å². The topological polar surface area (TPSA) is 137 Å². The number of nitro groups is 1. The summed E-state index contributed by atoms with van der Waals surface area (Å²) in [5.74, 6) is 0. The molecule has 1 aliphatic heterocycles. The summed E-state index contributed by atoms with van der Waals surface area (Å²) in [6.45, 7) is 4.56. The molecular weight excluding hydrogens is 400 g/mol. The Morgan fingerprint density at radius 3 is 2.62 bits per heavy atom. The van der Waals surface area contributed by atoms with E-state index in [9.17, 15) is 19.7 Å². The molecule has 160 valence electrons. The molecular formula is C18H26N4O6S. The second-order valence-electron chi connectivity index (χ2n) is 7.46. The minimum atomic E-state index is -0.655. The van der Waals surface area contributed by atoms with Crippen LogP contribution in [0.3, 0.4) is 0 Å². The van der Waals surface area contributed by atoms with Gasteiger partial charge in [-0.15, -0.1) is 0 Å². The third kappa shape index (κ3) is 7.09. The lowest BCUT2D eigenvalue weighted by Crippen LogP contribution is -2.45. The molecule has 1 aromatic rings. The summed E-state index contributed by atoms with van der Waals surface area (Å²) < 4.78 is 11.2. The highest BCUT2D eigenvalue weighted by atomic mass is 32.1. The molecule has 0 radical (unpaired) electrons. The van der Waals surface area contributed by atoms with Gasteiger partial charge in [0.1, 0.15) is 6.61 Å². The molecule has 1 aromatic carbocycles. The van der Waals surface area contributed by atoms with E-state index in [-0.39, 0.29) is 36.7 Å². The second kappa shape index (κ2) is 9.79. The first-order valence-corrected chi connectivity index (χ1v) is 9.61. The average molecular weight is 426 g/mol. The molecule has 3 N–H and O–H groups in total. The minimum absolute atomic E-state index is 0.00221. The number of carbonyl (C=O) groups excluding carboxylic acids is 2. The number of benzene rings is 1. The van der Waals surface area contributed by atoms with Crippen molar-refractivity contribution in [3.8, 4) is 0 Å². The van der Waals surface area contributed by atoms with E-state index in [1.54, 1.807) is 17.0 Å². The molecule has 0 unspecified atom stereocenters. The lowest BCUT2D eigenvalue weighted by Gasteiger charge is -2.30. The van der Waals surface area contributed by atoms with E-state index in [2.05, 4.69) is 17.9 Å². The average Bonchev–Trinajstić information content (AvgIpc) is 3.04. The Kier molecular flexibility index (Phi) is 7.68. The van der Waals surface area contributed by atoms with Crippen molar-refractivity contribution >= 4 is 30.4 Å². The fraction of sp³-hybridized carbons (Fsp3) is 0.556. The van der Waals surface area contributed by atoms with Crippen LogP contribution in [0.4, 0.5) is 15.3 Å². The lowest BCUT2D eigenvalue weighted by atomic mass is 10.1. The number of hydrogen-bond donors (Lipinski definition) is 3. The summed E-state index contributed by atoms with van der Waals surface area (Å²) in [7, 11) is 0. The summed E-state index contributed by atoms with van der Waals surface area (Å²) in [6.07, 6.45) is 0.149. The van der Waals surface area contributed by atoms with Gasteiger partial charge in [0, 0.05) is 30.5 Å². The van der Waals surface area contributed by atoms with Gasteiger partial charge in [0.2, 0.25) is 0 Å². The molecule has 11 heteroatoms. The smallest absolute Gasteiger partial charge is 0.410 e. The predicted molar refractivity (Wildman–Crippen MR) is 109 cm³/mol. The second-order valence-corrected chi connectivity index (χ2v) is 8.19. The van der Waals surface area contributed by atoms with Crippen molar-refractivity contribution in [2.75, 3.05) is 19.7 Å². The first-order chi connectivity index (χ1) is 13.6. The van der Waals surface area contributed by atoms with Crippen LogP contribution in [0.15, 0.2) is 24.3 Å². The van der Waals surface area contributed by atoms with Gasteiger partial charge < -0.3 is 25.4 Å². The van der Waals surface area contributed by atoms with Crippen molar-refractivity contribution in [2.45, 2.75) is 43.8 Å². The maximum absolute atomic E-state index is 12.5. The highest BCUT2D eigenvalue weighted by molar-refractivity contribution is 7.81. The van der Waals surface area contributed by atoms with E-state index in [1.165, 1.54) is 12.1 Å². The molecule has 0 spiro atoms. The van der Waals surface area contributed by atoms with Gasteiger partial charge in [-0.1, -0.05) is 0 Å². The van der Waals surface area contributed by atoms with Gasteiger partial charge in [-0.2, -0.15) is 12.6 Å². The van der Waals surface area contributed by atoms with Crippen molar-refractivity contribution in [1.29, 1.82) is 0 Å². The van der Waals surface area contributed by atoms with Crippen LogP contribution < -0.4 is 11.1 Å². The molecule has 1 aliphatic rings. The Balaban J connectivity index is 1.88. The molecule has 10 nitrogen and oxygen atoms in total. The maximum Gasteiger partial charge on any atom is 0.410 e. The van der Waals surface area contributed by atoms with Crippen LogP contribution >= 0.6 is 12.6 Å². The van der Waals surface area contributed by atoms with Crippen LogP contribution in [0, 0.1) is 10.1 Å². The lowest BCUT2D eigenvalue weighted by molar-refractivity contribution is -0.384. The number of likely N-dealkylation sites (tertiary alicyclic amines) is 1. The third-order valence-electron chi connectivity index (χ3n) is 4.49. The standard InChI is InChI=1S/C18H26N4O6S/c1-18(2,11-20-16(19)23)28-10-14-7-15(29)8-21(14)17(24)27-9-12-3-5-13(6-4-12)22(25)26/h3-6,14-15,29H,7-11H2,1-2H3,(H3,19,20,23)/t14-,15-/m0/s1. The number of rotatable bonds is 8. The first kappa shape index (κ1) is 22.8. The Morgan fingerprint density at radius 1 is 1.38 bits per heavy atom. The van der Waals surface area contributed by atoms with E-state index in [0.29, 0.717) is 18.5 Å². The van der Waals surface area contributed by atoms with Gasteiger partial charge in [-0.05, 0) is 38.0 Å². The number of amides is 3. The molecule has 0 aromatic heterocycles. The number of carbonyl (C=O) groups is 2. The summed E-state index contributed by atoms with van der Waals surface area (Å²) in [5.41, 5.74) is 5.05. The fourth-order valence-electron chi connectivity index (χ4n) is 2.89. The molecule has 29 heavy (non-hydrogen) atoms. The zero-order valence-electron chi connectivity index (χ0n) is 16.4. The molecule has 0 aliphatic carbocycles. The van der Waals surface area contributed by atoms with E-state index >= 15 is 0 Å². The van der Waals surface area contributed by atoms with E-state index in [1.807, 2.05) is 13.8 Å². The SMILES string of the molecule is CC(C)(CNC(N)=O)OC[C@@H]1C[C@H](S)CN1C(=O)OCc1ccc([N+](=O)[O-])cc1. The van der Waals surface area contributed by atoms with Crippen LogP contribution in [-0.2, 0) is 16.1 Å². The van der Waals surface area contributed by atoms with Gasteiger partial charge in [0.15, 0.2) is 0 Å². The van der Waals surface area contributed by atoms with E-state index in [4.69, 9.17) is 15.2 Å². The molecule has 2 rings (SSSR count). The van der Waals surface area contributed by atoms with Crippen LogP contribution in [-0.4, -0.2) is 58.5 Å². The number of hydrogen-bond acceptors (Lipinski definition) is 7. The van der Waals surface area contributed by atoms with Crippen LogP contribution in [0.5, 0.6) is 0 Å². The third-order valence-corrected chi connectivity index (χ3v) is 4.87. The molecule has 0 bridgehead atoms. The highest BCUT2D eigenvalue weighted by Crippen LogP contribution is 2.25. The molecule has 1 fully saturated rings. The maximum atomic E-state index is 12.5. The van der Waals surface area contributed by atoms with Gasteiger partial charge in [0.25, 0.3) is 5.69 Å². The van der Waals surface area contributed by atoms with Crippen molar-refractivity contribution < 1.29 is 24.0 Å².